The number of hydrogen-bond acceptors (Lipinski definition) is 6. The lowest BCUT2D eigenvalue weighted by molar-refractivity contribution is -0.0829. The molecule has 3 fully saturated rings. The molecule has 0 aliphatic carbocycles. The third-order valence-electron chi connectivity index (χ3n) is 4.47. The van der Waals surface area contributed by atoms with Crippen molar-refractivity contribution in [1.29, 1.82) is 0 Å². The van der Waals surface area contributed by atoms with Crippen molar-refractivity contribution in [3.63, 3.8) is 0 Å². The zero-order chi connectivity index (χ0) is 13.6. The molecule has 5 heterocycles. The van der Waals surface area contributed by atoms with Gasteiger partial charge >= 0.3 is 0 Å². The number of aliphatic imine (C=N–C) groups is 1. The van der Waals surface area contributed by atoms with Crippen molar-refractivity contribution < 1.29 is 4.74 Å². The molecule has 7 heteroatoms. The third-order valence-corrected chi connectivity index (χ3v) is 4.66. The molecule has 2 bridgehead atoms. The summed E-state index contributed by atoms with van der Waals surface area (Å²) in [7, 11) is 0. The summed E-state index contributed by atoms with van der Waals surface area (Å²) in [6, 6.07) is 0.551. The Labute approximate surface area is 122 Å². The number of halogens is 1. The fourth-order valence-electron chi connectivity index (χ4n) is 3.43. The van der Waals surface area contributed by atoms with Gasteiger partial charge in [-0.1, -0.05) is 11.6 Å². The van der Waals surface area contributed by atoms with Crippen LogP contribution in [0, 0.1) is 5.92 Å². The van der Waals surface area contributed by atoms with E-state index in [-0.39, 0.29) is 5.60 Å². The fourth-order valence-corrected chi connectivity index (χ4v) is 3.53. The van der Waals surface area contributed by atoms with E-state index in [0.717, 1.165) is 13.1 Å². The van der Waals surface area contributed by atoms with E-state index < -0.39 is 0 Å². The Hall–Kier alpha value is -1.40. The standard InChI is InChI=1S/C13H16ClN5O/c14-10-5-16-11(6-15-10)18-12-17-7-13(20-12)8-19-3-1-9(13)2-4-19/h5-6,9H,1-4,7-8H2,(H,16,17,18)/t13-/m1/s1. The highest BCUT2D eigenvalue weighted by atomic mass is 35.5. The van der Waals surface area contributed by atoms with Crippen molar-refractivity contribution >= 4 is 23.4 Å². The van der Waals surface area contributed by atoms with Gasteiger partial charge in [-0.3, -0.25) is 10.2 Å². The van der Waals surface area contributed by atoms with Crippen LogP contribution in [0.3, 0.4) is 0 Å². The number of amidine groups is 1. The van der Waals surface area contributed by atoms with E-state index in [1.807, 2.05) is 0 Å². The van der Waals surface area contributed by atoms with Crippen molar-refractivity contribution in [2.45, 2.75) is 18.4 Å². The molecule has 0 amide bonds. The Kier molecular flexibility index (Phi) is 2.82. The van der Waals surface area contributed by atoms with Gasteiger partial charge in [0.25, 0.3) is 6.02 Å². The molecule has 4 aliphatic heterocycles. The fraction of sp³-hybridized carbons (Fsp3) is 0.615. The predicted octanol–water partition coefficient (Wildman–Crippen LogP) is 1.39. The van der Waals surface area contributed by atoms with Crippen molar-refractivity contribution in [1.82, 2.24) is 14.9 Å². The van der Waals surface area contributed by atoms with E-state index in [9.17, 15) is 0 Å². The molecule has 5 rings (SSSR count). The summed E-state index contributed by atoms with van der Waals surface area (Å²) in [6.45, 7) is 4.11. The first-order valence-corrected chi connectivity index (χ1v) is 7.32. The van der Waals surface area contributed by atoms with Gasteiger partial charge in [0.1, 0.15) is 10.8 Å². The van der Waals surface area contributed by atoms with E-state index >= 15 is 0 Å². The summed E-state index contributed by atoms with van der Waals surface area (Å²) in [4.78, 5) is 15.1. The molecule has 106 valence electrons. The minimum Gasteiger partial charge on any atom is -0.455 e. The molecule has 1 atom stereocenters. The van der Waals surface area contributed by atoms with Crippen molar-refractivity contribution in [2.24, 2.45) is 10.9 Å². The second-order valence-electron chi connectivity index (χ2n) is 5.69. The number of nitrogens with one attached hydrogen (secondary N) is 1. The molecule has 20 heavy (non-hydrogen) atoms. The number of piperidine rings is 3. The maximum atomic E-state index is 6.15. The highest BCUT2D eigenvalue weighted by Crippen LogP contribution is 2.40. The smallest absolute Gasteiger partial charge is 0.291 e. The maximum Gasteiger partial charge on any atom is 0.291 e. The van der Waals surface area contributed by atoms with Crippen LogP contribution in [0.5, 0.6) is 0 Å². The zero-order valence-corrected chi connectivity index (χ0v) is 11.8. The molecule has 1 spiro atoms. The van der Waals surface area contributed by atoms with Crippen molar-refractivity contribution in [2.75, 3.05) is 31.5 Å². The number of ether oxygens (including phenoxy) is 1. The van der Waals surface area contributed by atoms with Gasteiger partial charge in [0.15, 0.2) is 5.82 Å². The number of nitrogens with zero attached hydrogens (tertiary/aromatic N) is 4. The molecule has 0 unspecified atom stereocenters. The van der Waals surface area contributed by atoms with Crippen LogP contribution in [-0.4, -0.2) is 52.7 Å². The molecular weight excluding hydrogens is 278 g/mol. The molecular formula is C13H16ClN5O. The predicted molar refractivity (Wildman–Crippen MR) is 75.9 cm³/mol. The zero-order valence-electron chi connectivity index (χ0n) is 11.0. The van der Waals surface area contributed by atoms with Crippen molar-refractivity contribution in [3.05, 3.63) is 17.5 Å². The van der Waals surface area contributed by atoms with E-state index in [4.69, 9.17) is 16.3 Å². The first kappa shape index (κ1) is 12.3. The van der Waals surface area contributed by atoms with Crippen LogP contribution in [0.4, 0.5) is 5.82 Å². The Morgan fingerprint density at radius 1 is 1.30 bits per heavy atom. The van der Waals surface area contributed by atoms with Crippen LogP contribution in [0.15, 0.2) is 17.4 Å². The van der Waals surface area contributed by atoms with Gasteiger partial charge in [0.2, 0.25) is 0 Å². The quantitative estimate of drug-likeness (QED) is 0.848. The monoisotopic (exact) mass is 293 g/mol. The van der Waals surface area contributed by atoms with Gasteiger partial charge in [-0.25, -0.2) is 15.0 Å². The van der Waals surface area contributed by atoms with Crippen LogP contribution in [-0.2, 0) is 4.74 Å². The van der Waals surface area contributed by atoms with Crippen LogP contribution in [0.1, 0.15) is 12.8 Å². The molecule has 0 aromatic carbocycles. The number of anilines is 1. The Balaban J connectivity index is 1.46. The summed E-state index contributed by atoms with van der Waals surface area (Å²) >= 11 is 5.72. The number of hydrogen-bond donors (Lipinski definition) is 1. The summed E-state index contributed by atoms with van der Waals surface area (Å²) in [5.41, 5.74) is -0.126. The topological polar surface area (TPSA) is 62.6 Å². The summed E-state index contributed by atoms with van der Waals surface area (Å²) < 4.78 is 6.15. The van der Waals surface area contributed by atoms with Crippen LogP contribution in [0.25, 0.3) is 0 Å². The first-order valence-electron chi connectivity index (χ1n) is 6.94. The number of aromatic nitrogens is 2. The lowest BCUT2D eigenvalue weighted by atomic mass is 9.75. The van der Waals surface area contributed by atoms with E-state index in [1.165, 1.54) is 32.1 Å². The van der Waals surface area contributed by atoms with Gasteiger partial charge in [-0.05, 0) is 25.9 Å². The minimum atomic E-state index is -0.126. The number of rotatable bonds is 1. The second kappa shape index (κ2) is 4.56. The van der Waals surface area contributed by atoms with Crippen LogP contribution in [0.2, 0.25) is 5.15 Å². The Bertz CT molecular complexity index is 540. The van der Waals surface area contributed by atoms with Crippen LogP contribution >= 0.6 is 11.6 Å². The Morgan fingerprint density at radius 3 is 2.80 bits per heavy atom. The molecule has 0 saturated carbocycles. The Morgan fingerprint density at radius 2 is 2.15 bits per heavy atom. The molecule has 4 aliphatic rings. The van der Waals surface area contributed by atoms with Gasteiger partial charge < -0.3 is 4.74 Å². The van der Waals surface area contributed by atoms with Gasteiger partial charge in [0.05, 0.1) is 18.9 Å². The van der Waals surface area contributed by atoms with Crippen LogP contribution < -0.4 is 5.32 Å². The number of fused-ring (bicyclic) bond motifs is 2. The van der Waals surface area contributed by atoms with E-state index in [1.54, 1.807) is 6.20 Å². The van der Waals surface area contributed by atoms with Crippen molar-refractivity contribution in [3.8, 4) is 0 Å². The SMILES string of the molecule is Clc1cnc(NC2=NC[C@]3(CN4CCC3CC4)O2)cn1. The third kappa shape index (κ3) is 2.03. The van der Waals surface area contributed by atoms with E-state index in [0.29, 0.717) is 22.9 Å². The van der Waals surface area contributed by atoms with E-state index in [2.05, 4.69) is 25.2 Å². The lowest BCUT2D eigenvalue weighted by Gasteiger charge is -2.50. The highest BCUT2D eigenvalue weighted by Gasteiger charge is 2.51. The average Bonchev–Trinajstić information content (AvgIpc) is 2.85. The highest BCUT2D eigenvalue weighted by molar-refractivity contribution is 6.29. The summed E-state index contributed by atoms with van der Waals surface area (Å²) in [5.74, 6) is 1.22. The lowest BCUT2D eigenvalue weighted by Crippen LogP contribution is -2.61. The normalized spacial score (nSPS) is 35.0. The van der Waals surface area contributed by atoms with Gasteiger partial charge in [-0.2, -0.15) is 0 Å². The largest absolute Gasteiger partial charge is 0.455 e. The summed E-state index contributed by atoms with van der Waals surface area (Å²) in [5, 5.41) is 3.45. The molecule has 6 nitrogen and oxygen atoms in total. The molecule has 3 saturated heterocycles. The molecule has 1 aromatic heterocycles. The average molecular weight is 294 g/mol. The molecule has 0 radical (unpaired) electrons. The molecule has 1 aromatic rings. The minimum absolute atomic E-state index is 0.126. The van der Waals surface area contributed by atoms with Gasteiger partial charge in [0, 0.05) is 12.5 Å². The first-order chi connectivity index (χ1) is 9.73. The second-order valence-corrected chi connectivity index (χ2v) is 6.08. The summed E-state index contributed by atoms with van der Waals surface area (Å²) in [6.07, 6.45) is 5.51. The van der Waals surface area contributed by atoms with Gasteiger partial charge in [-0.15, -0.1) is 0 Å². The maximum absolute atomic E-state index is 6.15. The molecule has 1 N–H and O–H groups in total.